The number of aromatic nitrogens is 6. The zero-order valence-corrected chi connectivity index (χ0v) is 23.0. The maximum absolute atomic E-state index is 5.36. The van der Waals surface area contributed by atoms with E-state index in [4.69, 9.17) is 15.0 Å². The molecular formula is C37H24N6. The number of para-hydroxylation sites is 4. The van der Waals surface area contributed by atoms with Gasteiger partial charge in [-0.05, 0) is 36.4 Å². The summed E-state index contributed by atoms with van der Waals surface area (Å²) in [6, 6.07) is 49.9. The minimum atomic E-state index is 0.578. The molecule has 0 spiro atoms. The molecule has 0 bridgehead atoms. The number of nitrogens with zero attached hydrogens (tertiary/aromatic N) is 6. The predicted molar refractivity (Wildman–Crippen MR) is 173 cm³/mol. The van der Waals surface area contributed by atoms with Crippen LogP contribution in [0.15, 0.2) is 146 Å². The third-order valence-electron chi connectivity index (χ3n) is 8.08. The maximum atomic E-state index is 5.36. The van der Waals surface area contributed by atoms with Crippen LogP contribution in [0.2, 0.25) is 0 Å². The second kappa shape index (κ2) is 9.26. The Balaban J connectivity index is 1.42. The molecule has 6 nitrogen and oxygen atoms in total. The molecule has 0 aliphatic heterocycles. The molecule has 0 atom stereocenters. The number of imidazole rings is 2. The summed E-state index contributed by atoms with van der Waals surface area (Å²) >= 11 is 0. The standard InChI is InChI=1S/C37H24N6/c1-4-14-25(15-5-1)29-24-30(26-16-6-2-7-17-26)39-36(38-29)43-33-23-13-12-22-32(33)42-34-28-20-10-11-21-31(28)41(35(34)40-37(42)43)27-18-8-3-9-19-27/h1-24H. The largest absolute Gasteiger partial charge is 0.292 e. The highest BCUT2D eigenvalue weighted by atomic mass is 15.3. The van der Waals surface area contributed by atoms with Crippen LogP contribution in [0.5, 0.6) is 0 Å². The van der Waals surface area contributed by atoms with Crippen LogP contribution in [-0.2, 0) is 0 Å². The molecule has 0 N–H and O–H groups in total. The van der Waals surface area contributed by atoms with Crippen LogP contribution in [0, 0.1) is 0 Å². The first-order chi connectivity index (χ1) is 21.3. The fraction of sp³-hybridized carbons (Fsp3) is 0. The van der Waals surface area contributed by atoms with Crippen LogP contribution in [0.4, 0.5) is 0 Å². The van der Waals surface area contributed by atoms with E-state index in [9.17, 15) is 0 Å². The van der Waals surface area contributed by atoms with Gasteiger partial charge in [0.2, 0.25) is 11.7 Å². The van der Waals surface area contributed by atoms with Crippen molar-refractivity contribution in [2.45, 2.75) is 0 Å². The highest BCUT2D eigenvalue weighted by Crippen LogP contribution is 2.36. The van der Waals surface area contributed by atoms with Crippen LogP contribution >= 0.6 is 0 Å². The van der Waals surface area contributed by atoms with Gasteiger partial charge in [0.25, 0.3) is 0 Å². The third kappa shape index (κ3) is 3.57. The quantitative estimate of drug-likeness (QED) is 0.220. The van der Waals surface area contributed by atoms with E-state index in [-0.39, 0.29) is 0 Å². The van der Waals surface area contributed by atoms with Crippen molar-refractivity contribution in [2.75, 3.05) is 0 Å². The Labute approximate surface area is 246 Å². The number of benzene rings is 5. The van der Waals surface area contributed by atoms with Crippen LogP contribution in [0.25, 0.3) is 73.0 Å². The molecule has 9 rings (SSSR count). The first kappa shape index (κ1) is 23.7. The van der Waals surface area contributed by atoms with Crippen LogP contribution < -0.4 is 0 Å². The molecule has 0 saturated carbocycles. The normalized spacial score (nSPS) is 11.7. The fourth-order valence-electron chi connectivity index (χ4n) is 6.19. The lowest BCUT2D eigenvalue weighted by atomic mass is 10.1. The summed E-state index contributed by atoms with van der Waals surface area (Å²) in [5.41, 5.74) is 9.96. The summed E-state index contributed by atoms with van der Waals surface area (Å²) in [7, 11) is 0. The molecule has 0 radical (unpaired) electrons. The molecule has 5 aromatic carbocycles. The Bertz CT molecular complexity index is 2380. The van der Waals surface area contributed by atoms with Gasteiger partial charge in [-0.1, -0.05) is 109 Å². The van der Waals surface area contributed by atoms with Gasteiger partial charge >= 0.3 is 0 Å². The molecule has 0 saturated heterocycles. The molecule has 0 unspecified atom stereocenters. The molecule has 43 heavy (non-hydrogen) atoms. The van der Waals surface area contributed by atoms with Crippen molar-refractivity contribution in [1.29, 1.82) is 0 Å². The summed E-state index contributed by atoms with van der Waals surface area (Å²) in [5, 5.41) is 1.14. The van der Waals surface area contributed by atoms with Crippen LogP contribution in [0.1, 0.15) is 0 Å². The van der Waals surface area contributed by atoms with Crippen molar-refractivity contribution in [3.63, 3.8) is 0 Å². The van der Waals surface area contributed by atoms with Crippen molar-refractivity contribution < 1.29 is 0 Å². The minimum Gasteiger partial charge on any atom is -0.292 e. The van der Waals surface area contributed by atoms with Gasteiger partial charge in [0, 0.05) is 22.2 Å². The summed E-state index contributed by atoms with van der Waals surface area (Å²) in [4.78, 5) is 15.7. The Hall–Kier alpha value is -6.01. The van der Waals surface area contributed by atoms with E-state index in [1.54, 1.807) is 0 Å². The van der Waals surface area contributed by atoms with E-state index in [1.807, 2.05) is 42.5 Å². The Morgan fingerprint density at radius 1 is 0.442 bits per heavy atom. The Morgan fingerprint density at radius 3 is 1.63 bits per heavy atom. The lowest BCUT2D eigenvalue weighted by Crippen LogP contribution is -2.05. The van der Waals surface area contributed by atoms with Crippen LogP contribution in [-0.4, -0.2) is 28.5 Å². The van der Waals surface area contributed by atoms with Gasteiger partial charge in [0.05, 0.1) is 27.9 Å². The molecule has 202 valence electrons. The number of rotatable bonds is 4. The third-order valence-corrected chi connectivity index (χ3v) is 8.08. The summed E-state index contributed by atoms with van der Waals surface area (Å²) in [6.07, 6.45) is 0. The van der Waals surface area contributed by atoms with E-state index < -0.39 is 0 Å². The van der Waals surface area contributed by atoms with Gasteiger partial charge in [-0.15, -0.1) is 0 Å². The topological polar surface area (TPSA) is 52.9 Å². The SMILES string of the molecule is c1ccc(-c2cc(-c3ccccc3)nc(-n3c4ccccc4n4c5c6ccccc6n(-c6ccccc6)c5nc34)n2)cc1. The molecule has 0 amide bonds. The molecule has 0 aliphatic rings. The van der Waals surface area contributed by atoms with Gasteiger partial charge in [-0.3, -0.25) is 8.97 Å². The lowest BCUT2D eigenvalue weighted by Gasteiger charge is -2.10. The van der Waals surface area contributed by atoms with Crippen molar-refractivity contribution in [3.8, 4) is 34.2 Å². The molecule has 6 heteroatoms. The zero-order chi connectivity index (χ0) is 28.3. The summed E-state index contributed by atoms with van der Waals surface area (Å²) < 4.78 is 6.60. The van der Waals surface area contributed by atoms with Crippen molar-refractivity contribution in [1.82, 2.24) is 28.5 Å². The number of fused-ring (bicyclic) bond motifs is 7. The monoisotopic (exact) mass is 552 g/mol. The Morgan fingerprint density at radius 2 is 0.977 bits per heavy atom. The molecule has 4 aromatic heterocycles. The molecule has 0 aliphatic carbocycles. The van der Waals surface area contributed by atoms with Crippen LogP contribution in [0.3, 0.4) is 0 Å². The summed E-state index contributed by atoms with van der Waals surface area (Å²) in [5.74, 6) is 1.35. The van der Waals surface area contributed by atoms with Crippen molar-refractivity contribution in [3.05, 3.63) is 146 Å². The second-order valence-corrected chi connectivity index (χ2v) is 10.6. The van der Waals surface area contributed by atoms with E-state index in [0.717, 1.165) is 67.1 Å². The predicted octanol–water partition coefficient (Wildman–Crippen LogP) is 8.50. The maximum Gasteiger partial charge on any atom is 0.238 e. The molecule has 0 fully saturated rings. The second-order valence-electron chi connectivity index (χ2n) is 10.6. The first-order valence-electron chi connectivity index (χ1n) is 14.3. The van der Waals surface area contributed by atoms with Gasteiger partial charge in [0.15, 0.2) is 5.65 Å². The van der Waals surface area contributed by atoms with E-state index in [1.165, 1.54) is 0 Å². The fourth-order valence-corrected chi connectivity index (χ4v) is 6.19. The molecular weight excluding hydrogens is 528 g/mol. The number of hydrogen-bond donors (Lipinski definition) is 0. The Kier molecular flexibility index (Phi) is 5.10. The number of hydrogen-bond acceptors (Lipinski definition) is 3. The first-order valence-corrected chi connectivity index (χ1v) is 14.3. The van der Waals surface area contributed by atoms with Gasteiger partial charge in [-0.25, -0.2) is 14.5 Å². The lowest BCUT2D eigenvalue weighted by molar-refractivity contribution is 0.969. The minimum absolute atomic E-state index is 0.578. The van der Waals surface area contributed by atoms with Gasteiger partial charge in [-0.2, -0.15) is 4.98 Å². The van der Waals surface area contributed by atoms with Crippen molar-refractivity contribution in [2.24, 2.45) is 0 Å². The van der Waals surface area contributed by atoms with Gasteiger partial charge < -0.3 is 0 Å². The molecule has 9 aromatic rings. The molecule has 4 heterocycles. The highest BCUT2D eigenvalue weighted by molar-refractivity contribution is 6.09. The van der Waals surface area contributed by atoms with E-state index in [2.05, 4.69) is 117 Å². The average Bonchev–Trinajstić information content (AvgIpc) is 3.71. The van der Waals surface area contributed by atoms with Crippen molar-refractivity contribution >= 4 is 38.9 Å². The van der Waals surface area contributed by atoms with E-state index >= 15 is 0 Å². The zero-order valence-electron chi connectivity index (χ0n) is 23.0. The highest BCUT2D eigenvalue weighted by Gasteiger charge is 2.24. The summed E-state index contributed by atoms with van der Waals surface area (Å²) in [6.45, 7) is 0. The van der Waals surface area contributed by atoms with Gasteiger partial charge in [0.1, 0.15) is 5.52 Å². The van der Waals surface area contributed by atoms with E-state index in [0.29, 0.717) is 5.95 Å². The average molecular weight is 553 g/mol. The smallest absolute Gasteiger partial charge is 0.238 e.